The van der Waals surface area contributed by atoms with E-state index in [9.17, 15) is 22.4 Å². The fourth-order valence-corrected chi connectivity index (χ4v) is 2.35. The molecule has 0 saturated heterocycles. The second kappa shape index (κ2) is 5.36. The zero-order valence-corrected chi connectivity index (χ0v) is 11.4. The maximum atomic E-state index is 13.5. The van der Waals surface area contributed by atoms with Gasteiger partial charge in [-0.2, -0.15) is 13.2 Å². The highest BCUT2D eigenvalue weighted by molar-refractivity contribution is 6.32. The normalized spacial score (nSPS) is 17.2. The van der Waals surface area contributed by atoms with E-state index >= 15 is 0 Å². The van der Waals surface area contributed by atoms with Crippen LogP contribution in [-0.2, 0) is 0 Å². The molecule has 116 valence electrons. The Kier molecular flexibility index (Phi) is 4.06. The van der Waals surface area contributed by atoms with Gasteiger partial charge in [-0.3, -0.25) is 0 Å². The summed E-state index contributed by atoms with van der Waals surface area (Å²) in [6, 6.07) is 1.50. The Morgan fingerprint density at radius 3 is 2.43 bits per heavy atom. The Labute approximate surface area is 122 Å². The van der Waals surface area contributed by atoms with Gasteiger partial charge in [0.2, 0.25) is 0 Å². The first-order valence-electron chi connectivity index (χ1n) is 6.08. The molecule has 1 aliphatic carbocycles. The SMILES string of the molecule is O=C(O)c1cc(Cl)c(OCC2(C(F)(F)F)CCC2)cc1F. The highest BCUT2D eigenvalue weighted by atomic mass is 35.5. The van der Waals surface area contributed by atoms with Crippen LogP contribution in [0.5, 0.6) is 5.75 Å². The van der Waals surface area contributed by atoms with Gasteiger partial charge >= 0.3 is 12.1 Å². The second-order valence-electron chi connectivity index (χ2n) is 4.99. The maximum Gasteiger partial charge on any atom is 0.397 e. The molecule has 3 nitrogen and oxygen atoms in total. The zero-order valence-electron chi connectivity index (χ0n) is 10.6. The van der Waals surface area contributed by atoms with Crippen molar-refractivity contribution >= 4 is 17.6 Å². The van der Waals surface area contributed by atoms with Crippen LogP contribution in [0.2, 0.25) is 5.02 Å². The summed E-state index contributed by atoms with van der Waals surface area (Å²) in [5.74, 6) is -2.93. The minimum Gasteiger partial charge on any atom is -0.491 e. The van der Waals surface area contributed by atoms with Crippen LogP contribution in [-0.4, -0.2) is 23.9 Å². The number of alkyl halides is 3. The molecule has 0 radical (unpaired) electrons. The molecule has 1 aromatic carbocycles. The van der Waals surface area contributed by atoms with Crippen molar-refractivity contribution in [1.29, 1.82) is 0 Å². The molecule has 1 N–H and O–H groups in total. The lowest BCUT2D eigenvalue weighted by Crippen LogP contribution is -2.48. The van der Waals surface area contributed by atoms with Gasteiger partial charge in [0, 0.05) is 6.07 Å². The monoisotopic (exact) mass is 326 g/mol. The molecule has 1 aromatic rings. The number of hydrogen-bond donors (Lipinski definition) is 1. The van der Waals surface area contributed by atoms with Crippen molar-refractivity contribution in [3.63, 3.8) is 0 Å². The summed E-state index contributed by atoms with van der Waals surface area (Å²) in [5.41, 5.74) is -2.60. The molecule has 21 heavy (non-hydrogen) atoms. The van der Waals surface area contributed by atoms with E-state index in [4.69, 9.17) is 21.4 Å². The Morgan fingerprint density at radius 1 is 1.38 bits per heavy atom. The summed E-state index contributed by atoms with van der Waals surface area (Å²) in [6.07, 6.45) is -4.06. The number of carboxylic acids is 1. The molecule has 0 amide bonds. The zero-order chi connectivity index (χ0) is 15.8. The Hall–Kier alpha value is -1.50. The average Bonchev–Trinajstić information content (AvgIpc) is 2.29. The van der Waals surface area contributed by atoms with Gasteiger partial charge in [0.15, 0.2) is 0 Å². The highest BCUT2D eigenvalue weighted by Gasteiger charge is 2.58. The molecular weight excluding hydrogens is 316 g/mol. The lowest BCUT2D eigenvalue weighted by atomic mass is 9.69. The van der Waals surface area contributed by atoms with E-state index in [1.54, 1.807) is 0 Å². The predicted molar refractivity (Wildman–Crippen MR) is 66.2 cm³/mol. The van der Waals surface area contributed by atoms with Crippen LogP contribution in [0.25, 0.3) is 0 Å². The van der Waals surface area contributed by atoms with E-state index in [1.807, 2.05) is 0 Å². The van der Waals surface area contributed by atoms with Crippen molar-refractivity contribution in [2.24, 2.45) is 5.41 Å². The smallest absolute Gasteiger partial charge is 0.397 e. The van der Waals surface area contributed by atoms with Gasteiger partial charge < -0.3 is 9.84 Å². The standard InChI is InChI=1S/C13H11ClF4O3/c14-8-4-7(11(19)20)9(15)5-10(8)21-6-12(2-1-3-12)13(16,17)18/h4-5H,1-3,6H2,(H,19,20). The van der Waals surface area contributed by atoms with E-state index in [-0.39, 0.29) is 23.6 Å². The number of ether oxygens (including phenoxy) is 1. The number of carboxylic acid groups (broad SMARTS) is 1. The van der Waals surface area contributed by atoms with Crippen LogP contribution in [0, 0.1) is 11.2 Å². The van der Waals surface area contributed by atoms with Crippen LogP contribution < -0.4 is 4.74 Å². The molecule has 2 rings (SSSR count). The second-order valence-corrected chi connectivity index (χ2v) is 5.40. The van der Waals surface area contributed by atoms with E-state index in [0.717, 1.165) is 6.07 Å². The molecule has 0 bridgehead atoms. The number of rotatable bonds is 4. The third-order valence-electron chi connectivity index (χ3n) is 3.67. The summed E-state index contributed by atoms with van der Waals surface area (Å²) in [6.45, 7) is -0.665. The minimum atomic E-state index is -4.41. The lowest BCUT2D eigenvalue weighted by molar-refractivity contribution is -0.259. The van der Waals surface area contributed by atoms with Crippen LogP contribution in [0.3, 0.4) is 0 Å². The van der Waals surface area contributed by atoms with Crippen LogP contribution in [0.1, 0.15) is 29.6 Å². The molecule has 1 saturated carbocycles. The largest absolute Gasteiger partial charge is 0.491 e. The number of hydrogen-bond acceptors (Lipinski definition) is 2. The summed E-state index contributed by atoms with van der Waals surface area (Å²) in [7, 11) is 0. The Balaban J connectivity index is 2.17. The van der Waals surface area contributed by atoms with Crippen molar-refractivity contribution in [3.8, 4) is 5.75 Å². The quantitative estimate of drug-likeness (QED) is 0.840. The molecule has 0 aromatic heterocycles. The van der Waals surface area contributed by atoms with Crippen molar-refractivity contribution in [3.05, 3.63) is 28.5 Å². The molecule has 1 aliphatic rings. The van der Waals surface area contributed by atoms with Gasteiger partial charge in [-0.15, -0.1) is 0 Å². The Bertz CT molecular complexity index is 567. The summed E-state index contributed by atoms with van der Waals surface area (Å²) in [4.78, 5) is 10.7. The molecular formula is C13H11ClF4O3. The van der Waals surface area contributed by atoms with Crippen LogP contribution in [0.15, 0.2) is 12.1 Å². The predicted octanol–water partition coefficient (Wildman–Crippen LogP) is 4.29. The van der Waals surface area contributed by atoms with Crippen molar-refractivity contribution < 1.29 is 32.2 Å². The third kappa shape index (κ3) is 2.92. The van der Waals surface area contributed by atoms with Gasteiger partial charge in [-0.1, -0.05) is 18.0 Å². The van der Waals surface area contributed by atoms with Gasteiger partial charge in [-0.05, 0) is 18.9 Å². The number of aromatic carboxylic acids is 1. The molecule has 0 spiro atoms. The van der Waals surface area contributed by atoms with Crippen LogP contribution >= 0.6 is 11.6 Å². The first-order chi connectivity index (χ1) is 9.66. The molecule has 0 aliphatic heterocycles. The number of benzene rings is 1. The van der Waals surface area contributed by atoms with Gasteiger partial charge in [-0.25, -0.2) is 9.18 Å². The van der Waals surface area contributed by atoms with Crippen LogP contribution in [0.4, 0.5) is 17.6 Å². The van der Waals surface area contributed by atoms with E-state index in [1.165, 1.54) is 0 Å². The van der Waals surface area contributed by atoms with E-state index < -0.39 is 35.5 Å². The summed E-state index contributed by atoms with van der Waals surface area (Å²) >= 11 is 5.71. The number of halogens is 5. The molecule has 0 atom stereocenters. The highest BCUT2D eigenvalue weighted by Crippen LogP contribution is 2.53. The molecule has 1 fully saturated rings. The van der Waals surface area contributed by atoms with Gasteiger partial charge in [0.05, 0.1) is 16.0 Å². The first kappa shape index (κ1) is 15.9. The topological polar surface area (TPSA) is 46.5 Å². The fraction of sp³-hybridized carbons (Fsp3) is 0.462. The van der Waals surface area contributed by atoms with Crippen molar-refractivity contribution in [1.82, 2.24) is 0 Å². The van der Waals surface area contributed by atoms with E-state index in [2.05, 4.69) is 0 Å². The third-order valence-corrected chi connectivity index (χ3v) is 3.96. The number of carbonyl (C=O) groups is 1. The maximum absolute atomic E-state index is 13.5. The minimum absolute atomic E-state index is 0.0518. The lowest BCUT2D eigenvalue weighted by Gasteiger charge is -2.42. The summed E-state index contributed by atoms with van der Waals surface area (Å²) < 4.78 is 57.3. The van der Waals surface area contributed by atoms with Gasteiger partial charge in [0.1, 0.15) is 18.2 Å². The molecule has 8 heteroatoms. The average molecular weight is 327 g/mol. The van der Waals surface area contributed by atoms with Crippen molar-refractivity contribution in [2.45, 2.75) is 25.4 Å². The molecule has 0 heterocycles. The molecule has 0 unspecified atom stereocenters. The fourth-order valence-electron chi connectivity index (χ4n) is 2.13. The van der Waals surface area contributed by atoms with Gasteiger partial charge in [0.25, 0.3) is 0 Å². The Morgan fingerprint density at radius 2 is 2.00 bits per heavy atom. The van der Waals surface area contributed by atoms with Crippen molar-refractivity contribution in [2.75, 3.05) is 6.61 Å². The summed E-state index contributed by atoms with van der Waals surface area (Å²) in [5, 5.41) is 8.46. The van der Waals surface area contributed by atoms with E-state index in [0.29, 0.717) is 12.5 Å². The first-order valence-corrected chi connectivity index (χ1v) is 6.46.